The number of carbonyl (C=O) groups excluding carboxylic acids is 1. The average Bonchev–Trinajstić information content (AvgIpc) is 3.42. The molecular formula is C24H33N3O8S2. The largest absolute Gasteiger partial charge is 0.497 e. The molecule has 2 aromatic rings. The molecule has 1 atom stereocenters. The molecule has 1 heterocycles. The first kappa shape index (κ1) is 28.5. The van der Waals surface area contributed by atoms with E-state index < -0.39 is 32.0 Å². The average molecular weight is 556 g/mol. The minimum atomic E-state index is -3.86. The summed E-state index contributed by atoms with van der Waals surface area (Å²) in [5.74, 6) is 0.585. The Morgan fingerprint density at radius 2 is 1.62 bits per heavy atom. The zero-order valence-electron chi connectivity index (χ0n) is 21.3. The highest BCUT2D eigenvalue weighted by atomic mass is 32.2. The maximum absolute atomic E-state index is 12.8. The molecule has 0 bridgehead atoms. The molecular weight excluding hydrogens is 522 g/mol. The predicted molar refractivity (Wildman–Crippen MR) is 139 cm³/mol. The summed E-state index contributed by atoms with van der Waals surface area (Å²) in [6.45, 7) is 2.72. The van der Waals surface area contributed by atoms with Crippen molar-refractivity contribution < 1.29 is 35.8 Å². The Hall–Kier alpha value is -3.03. The van der Waals surface area contributed by atoms with Crippen LogP contribution in [-0.4, -0.2) is 79.8 Å². The van der Waals surface area contributed by atoms with Crippen LogP contribution in [0.3, 0.4) is 0 Å². The molecule has 11 nitrogen and oxygen atoms in total. The third-order valence-corrected chi connectivity index (χ3v) is 9.05. The van der Waals surface area contributed by atoms with Crippen LogP contribution in [0, 0.1) is 0 Å². The molecule has 0 spiro atoms. The molecule has 1 fully saturated rings. The molecule has 1 N–H and O–H groups in total. The quantitative estimate of drug-likeness (QED) is 0.393. The molecule has 37 heavy (non-hydrogen) atoms. The van der Waals surface area contributed by atoms with Gasteiger partial charge in [0.25, 0.3) is 0 Å². The van der Waals surface area contributed by atoms with Gasteiger partial charge in [0.15, 0.2) is 0 Å². The zero-order valence-corrected chi connectivity index (χ0v) is 23.0. The van der Waals surface area contributed by atoms with E-state index in [0.29, 0.717) is 24.6 Å². The Kier molecular flexibility index (Phi) is 9.26. The first-order valence-electron chi connectivity index (χ1n) is 11.7. The van der Waals surface area contributed by atoms with Gasteiger partial charge >= 0.3 is 0 Å². The molecule has 13 heteroatoms. The molecule has 0 unspecified atom stereocenters. The Morgan fingerprint density at radius 1 is 1.00 bits per heavy atom. The van der Waals surface area contributed by atoms with Gasteiger partial charge < -0.3 is 19.5 Å². The SMILES string of the molecule is COc1ccc(OC)c(N([C@H](C)C(=O)NCCOc2ccc(S(=O)(=O)N3CCCC3)cc2)S(C)(=O)=O)c1. The first-order valence-corrected chi connectivity index (χ1v) is 15.0. The molecule has 0 radical (unpaired) electrons. The normalized spacial score (nSPS) is 15.1. The number of rotatable bonds is 12. The van der Waals surface area contributed by atoms with Crippen LogP contribution < -0.4 is 23.8 Å². The minimum absolute atomic E-state index is 0.0953. The van der Waals surface area contributed by atoms with E-state index in [4.69, 9.17) is 14.2 Å². The van der Waals surface area contributed by atoms with Gasteiger partial charge in [0.05, 0.1) is 37.6 Å². The number of benzene rings is 2. The summed E-state index contributed by atoms with van der Waals surface area (Å²) >= 11 is 0. The van der Waals surface area contributed by atoms with Crippen LogP contribution in [0.15, 0.2) is 47.4 Å². The van der Waals surface area contributed by atoms with Crippen LogP contribution >= 0.6 is 0 Å². The molecule has 2 aromatic carbocycles. The third kappa shape index (κ3) is 6.84. The number of nitrogens with zero attached hydrogens (tertiary/aromatic N) is 2. The number of hydrogen-bond acceptors (Lipinski definition) is 8. The number of nitrogens with one attached hydrogen (secondary N) is 1. The van der Waals surface area contributed by atoms with Crippen molar-refractivity contribution in [1.82, 2.24) is 9.62 Å². The second-order valence-corrected chi connectivity index (χ2v) is 12.3. The summed E-state index contributed by atoms with van der Waals surface area (Å²) in [5.41, 5.74) is 0.173. The summed E-state index contributed by atoms with van der Waals surface area (Å²) in [6, 6.07) is 9.70. The van der Waals surface area contributed by atoms with Crippen LogP contribution in [0.25, 0.3) is 0 Å². The molecule has 1 aliphatic heterocycles. The van der Waals surface area contributed by atoms with Crippen molar-refractivity contribution in [2.24, 2.45) is 0 Å². The number of sulfonamides is 2. The van der Waals surface area contributed by atoms with Crippen LogP contribution in [0.1, 0.15) is 19.8 Å². The Morgan fingerprint density at radius 3 is 2.19 bits per heavy atom. The van der Waals surface area contributed by atoms with Gasteiger partial charge in [0.1, 0.15) is 29.9 Å². The van der Waals surface area contributed by atoms with Crippen molar-refractivity contribution in [2.45, 2.75) is 30.7 Å². The lowest BCUT2D eigenvalue weighted by Gasteiger charge is -2.29. The number of anilines is 1. The fourth-order valence-corrected chi connectivity index (χ4v) is 6.71. The van der Waals surface area contributed by atoms with Crippen molar-refractivity contribution in [3.05, 3.63) is 42.5 Å². The van der Waals surface area contributed by atoms with Gasteiger partial charge in [-0.25, -0.2) is 16.8 Å². The maximum Gasteiger partial charge on any atom is 0.243 e. The van der Waals surface area contributed by atoms with E-state index in [1.54, 1.807) is 24.3 Å². The molecule has 0 saturated carbocycles. The van der Waals surface area contributed by atoms with Crippen LogP contribution in [0.4, 0.5) is 5.69 Å². The fraction of sp³-hybridized carbons (Fsp3) is 0.458. The Bertz CT molecular complexity index is 1290. The standard InChI is InChI=1S/C24H33N3O8S2/c1-18(27(36(4,29)30)22-17-20(33-2)9-12-23(22)34-3)24(28)25-13-16-35-19-7-10-21(11-8-19)37(31,32)26-14-5-6-15-26/h7-12,17-18H,5-6,13-16H2,1-4H3,(H,25,28)/t18-/m1/s1. The number of hydrogen-bond donors (Lipinski definition) is 1. The first-order chi connectivity index (χ1) is 17.5. The van der Waals surface area contributed by atoms with E-state index in [1.807, 2.05) is 0 Å². The monoisotopic (exact) mass is 555 g/mol. The molecule has 3 rings (SSSR count). The highest BCUT2D eigenvalue weighted by Crippen LogP contribution is 2.35. The van der Waals surface area contributed by atoms with E-state index in [9.17, 15) is 21.6 Å². The lowest BCUT2D eigenvalue weighted by atomic mass is 10.2. The topological polar surface area (TPSA) is 132 Å². The molecule has 204 valence electrons. The second kappa shape index (κ2) is 12.0. The number of methoxy groups -OCH3 is 2. The molecule has 1 amide bonds. The highest BCUT2D eigenvalue weighted by Gasteiger charge is 2.31. The van der Waals surface area contributed by atoms with Gasteiger partial charge in [-0.05, 0) is 56.2 Å². The number of ether oxygens (including phenoxy) is 3. The van der Waals surface area contributed by atoms with Gasteiger partial charge in [-0.15, -0.1) is 0 Å². The van der Waals surface area contributed by atoms with Gasteiger partial charge in [-0.3, -0.25) is 9.10 Å². The van der Waals surface area contributed by atoms with Gasteiger partial charge in [-0.2, -0.15) is 4.31 Å². The Balaban J connectivity index is 1.60. The minimum Gasteiger partial charge on any atom is -0.497 e. The zero-order chi connectivity index (χ0) is 27.2. The smallest absolute Gasteiger partial charge is 0.243 e. The van der Waals surface area contributed by atoms with Gasteiger partial charge in [-0.1, -0.05) is 0 Å². The second-order valence-electron chi connectivity index (χ2n) is 8.49. The highest BCUT2D eigenvalue weighted by molar-refractivity contribution is 7.92. The lowest BCUT2D eigenvalue weighted by molar-refractivity contribution is -0.121. The summed E-state index contributed by atoms with van der Waals surface area (Å²) < 4.78 is 69.1. The van der Waals surface area contributed by atoms with Gasteiger partial charge in [0, 0.05) is 19.2 Å². The molecule has 1 saturated heterocycles. The van der Waals surface area contributed by atoms with E-state index in [1.165, 1.54) is 43.6 Å². The van der Waals surface area contributed by atoms with Crippen LogP contribution in [0.5, 0.6) is 17.2 Å². The summed E-state index contributed by atoms with van der Waals surface area (Å²) in [6.07, 6.45) is 2.73. The Labute approximate surface area is 218 Å². The van der Waals surface area contributed by atoms with Crippen molar-refractivity contribution in [2.75, 3.05) is 51.0 Å². The van der Waals surface area contributed by atoms with Gasteiger partial charge in [0.2, 0.25) is 26.0 Å². The predicted octanol–water partition coefficient (Wildman–Crippen LogP) is 1.84. The summed E-state index contributed by atoms with van der Waals surface area (Å²) in [5, 5.41) is 2.67. The van der Waals surface area contributed by atoms with Crippen molar-refractivity contribution in [3.8, 4) is 17.2 Å². The summed E-state index contributed by atoms with van der Waals surface area (Å²) in [4.78, 5) is 13.0. The molecule has 0 aromatic heterocycles. The summed E-state index contributed by atoms with van der Waals surface area (Å²) in [7, 11) is -4.51. The third-order valence-electron chi connectivity index (χ3n) is 5.91. The number of carbonyl (C=O) groups is 1. The van der Waals surface area contributed by atoms with Crippen molar-refractivity contribution >= 4 is 31.6 Å². The maximum atomic E-state index is 12.8. The van der Waals surface area contributed by atoms with Crippen LogP contribution in [0.2, 0.25) is 0 Å². The fourth-order valence-electron chi connectivity index (χ4n) is 4.03. The number of amides is 1. The van der Waals surface area contributed by atoms with Crippen molar-refractivity contribution in [1.29, 1.82) is 0 Å². The van der Waals surface area contributed by atoms with E-state index in [2.05, 4.69) is 5.32 Å². The molecule has 0 aliphatic carbocycles. The lowest BCUT2D eigenvalue weighted by Crippen LogP contribution is -2.48. The van der Waals surface area contributed by atoms with E-state index >= 15 is 0 Å². The van der Waals surface area contributed by atoms with Crippen molar-refractivity contribution in [3.63, 3.8) is 0 Å². The van der Waals surface area contributed by atoms with E-state index in [0.717, 1.165) is 23.4 Å². The van der Waals surface area contributed by atoms with Crippen LogP contribution in [-0.2, 0) is 24.8 Å². The van der Waals surface area contributed by atoms with E-state index in [-0.39, 0.29) is 29.5 Å². The molecule has 1 aliphatic rings.